The summed E-state index contributed by atoms with van der Waals surface area (Å²) in [5.74, 6) is -0.681. The van der Waals surface area contributed by atoms with Gasteiger partial charge in [0.2, 0.25) is 0 Å². The highest BCUT2D eigenvalue weighted by molar-refractivity contribution is 9.10. The second kappa shape index (κ2) is 3.26. The van der Waals surface area contributed by atoms with Gasteiger partial charge in [0.1, 0.15) is 5.69 Å². The van der Waals surface area contributed by atoms with Gasteiger partial charge < -0.3 is 9.88 Å². The van der Waals surface area contributed by atoms with Crippen LogP contribution in [0.5, 0.6) is 0 Å². The third-order valence-corrected chi connectivity index (χ3v) is 2.84. The van der Waals surface area contributed by atoms with E-state index in [0.717, 1.165) is 6.07 Å². The number of rotatable bonds is 0. The zero-order chi connectivity index (χ0) is 11.2. The lowest BCUT2D eigenvalue weighted by Gasteiger charge is -2.18. The topological polar surface area (TPSA) is 34.0 Å². The molecule has 0 saturated heterocycles. The zero-order valence-corrected chi connectivity index (χ0v) is 8.94. The maximum absolute atomic E-state index is 12.5. The van der Waals surface area contributed by atoms with Gasteiger partial charge >= 0.3 is 6.18 Å². The van der Waals surface area contributed by atoms with E-state index >= 15 is 0 Å². The molecule has 0 unspecified atom stereocenters. The van der Waals surface area contributed by atoms with Crippen LogP contribution in [-0.4, -0.2) is 17.0 Å². The third kappa shape index (κ3) is 1.64. The summed E-state index contributed by atoms with van der Waals surface area (Å²) in [4.78, 5) is 11.3. The molecule has 1 amide bonds. The van der Waals surface area contributed by atoms with Gasteiger partial charge in [0, 0.05) is 13.1 Å². The molecule has 1 aromatic rings. The van der Waals surface area contributed by atoms with E-state index in [1.54, 1.807) is 0 Å². The Labute approximate surface area is 91.4 Å². The average molecular weight is 283 g/mol. The standard InChI is InChI=1S/C8H6BrF3N2O/c9-5-3-4(8(10,11)12)6-7(15)13-1-2-14(5)6/h3H,1-2H2,(H,13,15). The molecule has 1 aliphatic heterocycles. The largest absolute Gasteiger partial charge is 0.418 e. The van der Waals surface area contributed by atoms with Gasteiger partial charge in [-0.05, 0) is 22.0 Å². The Bertz CT molecular complexity index is 424. The van der Waals surface area contributed by atoms with Crippen LogP contribution in [0.1, 0.15) is 16.1 Å². The minimum absolute atomic E-state index is 0.277. The van der Waals surface area contributed by atoms with E-state index in [2.05, 4.69) is 21.2 Å². The molecule has 0 aliphatic carbocycles. The number of nitrogens with one attached hydrogen (secondary N) is 1. The lowest BCUT2D eigenvalue weighted by molar-refractivity contribution is -0.138. The average Bonchev–Trinajstić information content (AvgIpc) is 2.45. The van der Waals surface area contributed by atoms with Gasteiger partial charge in [-0.25, -0.2) is 0 Å². The molecule has 1 aromatic heterocycles. The number of alkyl halides is 3. The van der Waals surface area contributed by atoms with Crippen LogP contribution in [0.15, 0.2) is 10.7 Å². The molecule has 0 aromatic carbocycles. The Morgan fingerprint density at radius 2 is 2.13 bits per heavy atom. The van der Waals surface area contributed by atoms with Gasteiger partial charge in [-0.3, -0.25) is 4.79 Å². The van der Waals surface area contributed by atoms with Gasteiger partial charge in [0.15, 0.2) is 0 Å². The molecular weight excluding hydrogens is 277 g/mol. The summed E-state index contributed by atoms with van der Waals surface area (Å²) < 4.78 is 39.2. The fourth-order valence-electron chi connectivity index (χ4n) is 1.56. The molecule has 1 aliphatic rings. The Morgan fingerprint density at radius 3 is 2.73 bits per heavy atom. The van der Waals surface area contributed by atoms with Crippen molar-refractivity contribution in [2.24, 2.45) is 0 Å². The van der Waals surface area contributed by atoms with Crippen LogP contribution < -0.4 is 5.32 Å². The Morgan fingerprint density at radius 1 is 1.47 bits per heavy atom. The monoisotopic (exact) mass is 282 g/mol. The molecule has 0 fully saturated rings. The third-order valence-electron chi connectivity index (χ3n) is 2.19. The number of nitrogens with zero attached hydrogens (tertiary/aromatic N) is 1. The second-order valence-electron chi connectivity index (χ2n) is 3.13. The Hall–Kier alpha value is -0.980. The number of carbonyl (C=O) groups is 1. The molecule has 82 valence electrons. The van der Waals surface area contributed by atoms with Crippen LogP contribution in [0.2, 0.25) is 0 Å². The predicted molar refractivity (Wildman–Crippen MR) is 49.5 cm³/mol. The minimum Gasteiger partial charge on any atom is -0.349 e. The van der Waals surface area contributed by atoms with E-state index in [-0.39, 0.29) is 10.3 Å². The molecule has 2 rings (SSSR count). The van der Waals surface area contributed by atoms with Crippen molar-refractivity contribution in [1.82, 2.24) is 9.88 Å². The molecule has 3 nitrogen and oxygen atoms in total. The molecule has 15 heavy (non-hydrogen) atoms. The minimum atomic E-state index is -4.50. The molecule has 0 saturated carbocycles. The molecule has 2 heterocycles. The van der Waals surface area contributed by atoms with Gasteiger partial charge in [-0.15, -0.1) is 0 Å². The zero-order valence-electron chi connectivity index (χ0n) is 7.36. The van der Waals surface area contributed by atoms with Crippen molar-refractivity contribution < 1.29 is 18.0 Å². The number of halogens is 4. The van der Waals surface area contributed by atoms with E-state index in [4.69, 9.17) is 0 Å². The van der Waals surface area contributed by atoms with Gasteiger partial charge in [0.05, 0.1) is 10.2 Å². The van der Waals surface area contributed by atoms with Gasteiger partial charge in [0.25, 0.3) is 5.91 Å². The van der Waals surface area contributed by atoms with Gasteiger partial charge in [-0.1, -0.05) is 0 Å². The summed E-state index contributed by atoms with van der Waals surface area (Å²) in [6.07, 6.45) is -4.50. The maximum Gasteiger partial charge on any atom is 0.418 e. The van der Waals surface area contributed by atoms with E-state index in [0.29, 0.717) is 13.1 Å². The number of amides is 1. The molecule has 0 spiro atoms. The molecule has 0 bridgehead atoms. The smallest absolute Gasteiger partial charge is 0.349 e. The molecule has 0 radical (unpaired) electrons. The van der Waals surface area contributed by atoms with Crippen molar-refractivity contribution in [2.75, 3.05) is 6.54 Å². The highest BCUT2D eigenvalue weighted by Crippen LogP contribution is 2.36. The van der Waals surface area contributed by atoms with Crippen LogP contribution in [-0.2, 0) is 12.7 Å². The van der Waals surface area contributed by atoms with Crippen LogP contribution in [0.3, 0.4) is 0 Å². The van der Waals surface area contributed by atoms with E-state index in [1.807, 2.05) is 0 Å². The maximum atomic E-state index is 12.5. The number of fused-ring (bicyclic) bond motifs is 1. The fraction of sp³-hybridized carbons (Fsp3) is 0.375. The normalized spacial score (nSPS) is 16.1. The second-order valence-corrected chi connectivity index (χ2v) is 3.95. The number of carbonyl (C=O) groups excluding carboxylic acids is 1. The number of hydrogen-bond acceptors (Lipinski definition) is 1. The van der Waals surface area contributed by atoms with Crippen molar-refractivity contribution in [3.63, 3.8) is 0 Å². The van der Waals surface area contributed by atoms with Crippen LogP contribution >= 0.6 is 15.9 Å². The summed E-state index contributed by atoms with van der Waals surface area (Å²) in [7, 11) is 0. The highest BCUT2D eigenvalue weighted by atomic mass is 79.9. The Balaban J connectivity index is 2.63. The van der Waals surface area contributed by atoms with Gasteiger partial charge in [-0.2, -0.15) is 13.2 Å². The first-order chi connectivity index (χ1) is 6.91. The Kier molecular flexibility index (Phi) is 2.29. The van der Waals surface area contributed by atoms with Crippen molar-refractivity contribution in [3.05, 3.63) is 21.9 Å². The first-order valence-electron chi connectivity index (χ1n) is 4.15. The van der Waals surface area contributed by atoms with Crippen molar-refractivity contribution in [1.29, 1.82) is 0 Å². The number of aromatic nitrogens is 1. The van der Waals surface area contributed by atoms with E-state index in [1.165, 1.54) is 4.57 Å². The summed E-state index contributed by atoms with van der Waals surface area (Å²) in [5.41, 5.74) is -1.22. The highest BCUT2D eigenvalue weighted by Gasteiger charge is 2.39. The summed E-state index contributed by atoms with van der Waals surface area (Å²) in [6.45, 7) is 0.689. The van der Waals surface area contributed by atoms with Crippen molar-refractivity contribution in [2.45, 2.75) is 12.7 Å². The quantitative estimate of drug-likeness (QED) is 0.776. The molecule has 1 N–H and O–H groups in total. The molecule has 0 atom stereocenters. The van der Waals surface area contributed by atoms with Crippen molar-refractivity contribution in [3.8, 4) is 0 Å². The predicted octanol–water partition coefficient (Wildman–Crippen LogP) is 2.01. The summed E-state index contributed by atoms with van der Waals surface area (Å²) >= 11 is 3.01. The summed E-state index contributed by atoms with van der Waals surface area (Å²) in [6, 6.07) is 0.931. The van der Waals surface area contributed by atoms with E-state index < -0.39 is 17.6 Å². The SMILES string of the molecule is O=C1NCCn2c(Br)cc(C(F)(F)F)c21. The lowest BCUT2D eigenvalue weighted by Crippen LogP contribution is -2.36. The number of hydrogen-bond donors (Lipinski definition) is 1. The van der Waals surface area contributed by atoms with Crippen LogP contribution in [0.25, 0.3) is 0 Å². The molecule has 7 heteroatoms. The van der Waals surface area contributed by atoms with Crippen molar-refractivity contribution >= 4 is 21.8 Å². The van der Waals surface area contributed by atoms with Crippen LogP contribution in [0.4, 0.5) is 13.2 Å². The lowest BCUT2D eigenvalue weighted by atomic mass is 10.2. The first-order valence-corrected chi connectivity index (χ1v) is 4.95. The fourth-order valence-corrected chi connectivity index (χ4v) is 2.15. The summed E-state index contributed by atoms with van der Waals surface area (Å²) in [5, 5.41) is 2.38. The van der Waals surface area contributed by atoms with Crippen LogP contribution in [0, 0.1) is 0 Å². The molecular formula is C8H6BrF3N2O. The van der Waals surface area contributed by atoms with E-state index in [9.17, 15) is 18.0 Å². The first kappa shape index (κ1) is 10.5.